The van der Waals surface area contributed by atoms with Gasteiger partial charge in [-0.1, -0.05) is 23.7 Å². The van der Waals surface area contributed by atoms with E-state index in [1.54, 1.807) is 11.0 Å². The summed E-state index contributed by atoms with van der Waals surface area (Å²) in [5.74, 6) is -2.31. The third-order valence-electron chi connectivity index (χ3n) is 4.92. The Balaban J connectivity index is 1.66. The maximum Gasteiger partial charge on any atom is 0.280 e. The molecule has 1 N–H and O–H groups in total. The van der Waals surface area contributed by atoms with Crippen molar-refractivity contribution in [2.24, 2.45) is 0 Å². The Morgan fingerprint density at radius 2 is 2.11 bits per heavy atom. The highest BCUT2D eigenvalue weighted by Crippen LogP contribution is 2.24. The Morgan fingerprint density at radius 1 is 1.29 bits per heavy atom. The fraction of sp³-hybridized carbons (Fsp3) is 0.250. The maximum absolute atomic E-state index is 13.8. The van der Waals surface area contributed by atoms with Crippen molar-refractivity contribution in [2.75, 3.05) is 6.54 Å². The number of rotatable bonds is 3. The van der Waals surface area contributed by atoms with E-state index in [0.29, 0.717) is 24.1 Å². The molecule has 0 bridgehead atoms. The van der Waals surface area contributed by atoms with Gasteiger partial charge in [-0.15, -0.1) is 0 Å². The van der Waals surface area contributed by atoms with Gasteiger partial charge in [-0.3, -0.25) is 9.59 Å². The molecule has 1 atom stereocenters. The van der Waals surface area contributed by atoms with Crippen LogP contribution in [0.25, 0.3) is 11.0 Å². The van der Waals surface area contributed by atoms with E-state index in [0.717, 1.165) is 24.5 Å². The highest BCUT2D eigenvalue weighted by Gasteiger charge is 2.32. The molecule has 4 rings (SSSR count). The number of benzene rings is 2. The van der Waals surface area contributed by atoms with Crippen molar-refractivity contribution >= 4 is 28.5 Å². The molecule has 1 fully saturated rings. The molecule has 5 nitrogen and oxygen atoms in total. The molecule has 28 heavy (non-hydrogen) atoms. The highest BCUT2D eigenvalue weighted by atomic mass is 35.5. The molecule has 0 spiro atoms. The van der Waals surface area contributed by atoms with E-state index in [9.17, 15) is 18.4 Å². The molecule has 1 unspecified atom stereocenters. The lowest BCUT2D eigenvalue weighted by Crippen LogP contribution is -2.40. The summed E-state index contributed by atoms with van der Waals surface area (Å²) in [4.78, 5) is 33.2. The van der Waals surface area contributed by atoms with Crippen molar-refractivity contribution in [3.05, 3.63) is 74.7 Å². The van der Waals surface area contributed by atoms with Gasteiger partial charge in [0.15, 0.2) is 11.5 Å². The fourth-order valence-electron chi connectivity index (χ4n) is 3.65. The SMILES string of the molecule is O=C(c1nc2cc(F)cc(F)c2[nH]c1=O)N1CCCC1Cc1cccc(Cl)c1. The molecule has 0 aliphatic carbocycles. The molecule has 8 heteroatoms. The molecule has 144 valence electrons. The zero-order chi connectivity index (χ0) is 19.8. The van der Waals surface area contributed by atoms with Gasteiger partial charge in [0.1, 0.15) is 11.3 Å². The summed E-state index contributed by atoms with van der Waals surface area (Å²) < 4.78 is 27.3. The van der Waals surface area contributed by atoms with Gasteiger partial charge in [-0.25, -0.2) is 13.8 Å². The minimum absolute atomic E-state index is 0.105. The van der Waals surface area contributed by atoms with Crippen molar-refractivity contribution in [3.63, 3.8) is 0 Å². The van der Waals surface area contributed by atoms with Gasteiger partial charge >= 0.3 is 0 Å². The summed E-state index contributed by atoms with van der Waals surface area (Å²) in [6, 6.07) is 8.93. The average Bonchev–Trinajstić information content (AvgIpc) is 3.09. The van der Waals surface area contributed by atoms with Crippen molar-refractivity contribution in [1.82, 2.24) is 14.9 Å². The number of hydrogen-bond acceptors (Lipinski definition) is 3. The van der Waals surface area contributed by atoms with Crippen LogP contribution < -0.4 is 5.56 Å². The van der Waals surface area contributed by atoms with Crippen molar-refractivity contribution in [2.45, 2.75) is 25.3 Å². The molecule has 0 saturated carbocycles. The molecular formula is C20H16ClF2N3O2. The van der Waals surface area contributed by atoms with E-state index in [1.165, 1.54) is 0 Å². The number of halogens is 3. The topological polar surface area (TPSA) is 66.1 Å². The zero-order valence-corrected chi connectivity index (χ0v) is 15.5. The Bertz CT molecular complexity index is 1130. The third kappa shape index (κ3) is 3.49. The lowest BCUT2D eigenvalue weighted by molar-refractivity contribution is 0.0729. The van der Waals surface area contributed by atoms with Crippen LogP contribution in [0.1, 0.15) is 28.9 Å². The van der Waals surface area contributed by atoms with Crippen LogP contribution in [0.15, 0.2) is 41.2 Å². The summed E-state index contributed by atoms with van der Waals surface area (Å²) in [6.45, 7) is 0.487. The predicted octanol–water partition coefficient (Wildman–Crippen LogP) is 3.70. The number of carbonyl (C=O) groups excluding carboxylic acids is 1. The number of nitrogens with one attached hydrogen (secondary N) is 1. The first-order chi connectivity index (χ1) is 13.4. The molecular weight excluding hydrogens is 388 g/mol. The van der Waals surface area contributed by atoms with Crippen LogP contribution in [-0.2, 0) is 6.42 Å². The van der Waals surface area contributed by atoms with Gasteiger partial charge in [0, 0.05) is 29.7 Å². The lowest BCUT2D eigenvalue weighted by Gasteiger charge is -2.24. The van der Waals surface area contributed by atoms with Crippen molar-refractivity contribution in [3.8, 4) is 0 Å². The van der Waals surface area contributed by atoms with Crippen LogP contribution in [0.3, 0.4) is 0 Å². The van der Waals surface area contributed by atoms with E-state index < -0.39 is 23.1 Å². The monoisotopic (exact) mass is 403 g/mol. The molecule has 1 aliphatic heterocycles. The summed E-state index contributed by atoms with van der Waals surface area (Å²) >= 11 is 6.03. The standard InChI is InChI=1S/C20H16ClF2N3O2/c21-12-4-1-3-11(7-12)8-14-5-2-6-26(14)20(28)18-19(27)25-17-15(23)9-13(22)10-16(17)24-18/h1,3-4,7,9-10,14H,2,5-6,8H2,(H,25,27). The zero-order valence-electron chi connectivity index (χ0n) is 14.7. The summed E-state index contributed by atoms with van der Waals surface area (Å²) in [6.07, 6.45) is 2.18. The lowest BCUT2D eigenvalue weighted by atomic mass is 10.0. The largest absolute Gasteiger partial charge is 0.334 e. The Morgan fingerprint density at radius 3 is 2.89 bits per heavy atom. The Hall–Kier alpha value is -2.80. The van der Waals surface area contributed by atoms with E-state index in [4.69, 9.17) is 11.6 Å². The van der Waals surface area contributed by atoms with Gasteiger partial charge in [-0.2, -0.15) is 0 Å². The Labute approximate surface area is 164 Å². The quantitative estimate of drug-likeness (QED) is 0.725. The van der Waals surface area contributed by atoms with Crippen LogP contribution >= 0.6 is 11.6 Å². The fourth-order valence-corrected chi connectivity index (χ4v) is 3.86. The smallest absolute Gasteiger partial charge is 0.280 e. The summed E-state index contributed by atoms with van der Waals surface area (Å²) in [5, 5.41) is 0.616. The minimum Gasteiger partial charge on any atom is -0.334 e. The maximum atomic E-state index is 13.8. The number of amides is 1. The normalized spacial score (nSPS) is 16.7. The molecule has 1 aromatic heterocycles. The van der Waals surface area contributed by atoms with E-state index in [2.05, 4.69) is 9.97 Å². The summed E-state index contributed by atoms with van der Waals surface area (Å²) in [5.41, 5.74) is -0.500. The second-order valence-corrected chi connectivity index (χ2v) is 7.26. The molecule has 2 aromatic carbocycles. The number of fused-ring (bicyclic) bond motifs is 1. The van der Waals surface area contributed by atoms with Crippen molar-refractivity contribution < 1.29 is 13.6 Å². The minimum atomic E-state index is -0.932. The predicted molar refractivity (Wildman–Crippen MR) is 101 cm³/mol. The molecule has 1 aliphatic rings. The van der Waals surface area contributed by atoms with Crippen LogP contribution in [-0.4, -0.2) is 33.4 Å². The van der Waals surface area contributed by atoms with Gasteiger partial charge in [0.2, 0.25) is 0 Å². The van der Waals surface area contributed by atoms with E-state index in [-0.39, 0.29) is 22.8 Å². The first kappa shape index (κ1) is 18.6. The van der Waals surface area contributed by atoms with Crippen LogP contribution in [0.4, 0.5) is 8.78 Å². The third-order valence-corrected chi connectivity index (χ3v) is 5.16. The number of H-pyrrole nitrogens is 1. The Kier molecular flexibility index (Phi) is 4.85. The summed E-state index contributed by atoms with van der Waals surface area (Å²) in [7, 11) is 0. The van der Waals surface area contributed by atoms with E-state index in [1.807, 2.05) is 18.2 Å². The molecule has 3 aromatic rings. The second kappa shape index (κ2) is 7.31. The molecule has 0 radical (unpaired) electrons. The number of aromatic nitrogens is 2. The van der Waals surface area contributed by atoms with Crippen LogP contribution in [0.2, 0.25) is 5.02 Å². The number of carbonyl (C=O) groups is 1. The number of aromatic amines is 1. The van der Waals surface area contributed by atoms with Gasteiger partial charge in [0.05, 0.1) is 5.52 Å². The van der Waals surface area contributed by atoms with Crippen LogP contribution in [0.5, 0.6) is 0 Å². The second-order valence-electron chi connectivity index (χ2n) is 6.82. The first-order valence-corrected chi connectivity index (χ1v) is 9.24. The van der Waals surface area contributed by atoms with Gasteiger partial charge in [0.25, 0.3) is 11.5 Å². The highest BCUT2D eigenvalue weighted by molar-refractivity contribution is 6.30. The van der Waals surface area contributed by atoms with Crippen molar-refractivity contribution in [1.29, 1.82) is 0 Å². The number of likely N-dealkylation sites (tertiary alicyclic amines) is 1. The molecule has 2 heterocycles. The molecule has 1 saturated heterocycles. The average molecular weight is 404 g/mol. The van der Waals surface area contributed by atoms with Crippen LogP contribution in [0, 0.1) is 11.6 Å². The first-order valence-electron chi connectivity index (χ1n) is 8.87. The van der Waals surface area contributed by atoms with E-state index >= 15 is 0 Å². The van der Waals surface area contributed by atoms with Gasteiger partial charge in [-0.05, 0) is 37.0 Å². The molecule has 1 amide bonds. The number of hydrogen-bond donors (Lipinski definition) is 1. The number of nitrogens with zero attached hydrogens (tertiary/aromatic N) is 2. The van der Waals surface area contributed by atoms with Gasteiger partial charge < -0.3 is 9.88 Å².